The van der Waals surface area contributed by atoms with Gasteiger partial charge < -0.3 is 4.74 Å². The number of nitrogens with two attached hydrogens (primary N) is 1. The highest BCUT2D eigenvalue weighted by molar-refractivity contribution is 5.67. The molecule has 0 aromatic heterocycles. The first-order valence-electron chi connectivity index (χ1n) is 3.02. The standard InChI is InChI=1S/C6H14N2O2/c1-6(2,3)8(7)5(9)10-4/h7H2,1-4H3. The van der Waals surface area contributed by atoms with E-state index in [0.29, 0.717) is 0 Å². The molecule has 0 heterocycles. The minimum Gasteiger partial charge on any atom is -0.452 e. The van der Waals surface area contributed by atoms with Gasteiger partial charge in [-0.2, -0.15) is 0 Å². The SMILES string of the molecule is COC(=O)N(N)C(C)(C)C. The van der Waals surface area contributed by atoms with Crippen molar-refractivity contribution in [3.05, 3.63) is 0 Å². The van der Waals surface area contributed by atoms with E-state index in [-0.39, 0.29) is 5.54 Å². The highest BCUT2D eigenvalue weighted by Gasteiger charge is 2.23. The number of nitrogens with zero attached hydrogens (tertiary/aromatic N) is 1. The van der Waals surface area contributed by atoms with Crippen LogP contribution in [0.3, 0.4) is 0 Å². The van der Waals surface area contributed by atoms with Crippen LogP contribution >= 0.6 is 0 Å². The Morgan fingerprint density at radius 1 is 1.50 bits per heavy atom. The van der Waals surface area contributed by atoms with Gasteiger partial charge >= 0.3 is 6.09 Å². The summed E-state index contributed by atoms with van der Waals surface area (Å²) in [6.45, 7) is 5.47. The Labute approximate surface area is 60.9 Å². The predicted octanol–water partition coefficient (Wildman–Crippen LogP) is 0.727. The van der Waals surface area contributed by atoms with Crippen LogP contribution in [0.25, 0.3) is 0 Å². The molecule has 0 spiro atoms. The summed E-state index contributed by atoms with van der Waals surface area (Å²) >= 11 is 0. The van der Waals surface area contributed by atoms with Crippen LogP contribution < -0.4 is 5.84 Å². The number of hydrazine groups is 1. The monoisotopic (exact) mass is 146 g/mol. The molecule has 0 bridgehead atoms. The zero-order valence-corrected chi connectivity index (χ0v) is 6.84. The highest BCUT2D eigenvalue weighted by atomic mass is 16.5. The van der Waals surface area contributed by atoms with Gasteiger partial charge in [0.2, 0.25) is 0 Å². The summed E-state index contributed by atoms with van der Waals surface area (Å²) in [6, 6.07) is 0. The van der Waals surface area contributed by atoms with Crippen LogP contribution in [0.1, 0.15) is 20.8 Å². The van der Waals surface area contributed by atoms with Gasteiger partial charge in [-0.15, -0.1) is 0 Å². The molecular weight excluding hydrogens is 132 g/mol. The van der Waals surface area contributed by atoms with E-state index in [1.807, 2.05) is 20.8 Å². The number of rotatable bonds is 0. The molecule has 60 valence electrons. The van der Waals surface area contributed by atoms with Crippen molar-refractivity contribution in [1.29, 1.82) is 0 Å². The normalized spacial score (nSPS) is 10.9. The van der Waals surface area contributed by atoms with Gasteiger partial charge in [-0.25, -0.2) is 15.6 Å². The number of methoxy groups -OCH3 is 1. The maximum Gasteiger partial charge on any atom is 0.424 e. The van der Waals surface area contributed by atoms with Crippen LogP contribution in [-0.4, -0.2) is 23.8 Å². The predicted molar refractivity (Wildman–Crippen MR) is 38.2 cm³/mol. The summed E-state index contributed by atoms with van der Waals surface area (Å²) in [6.07, 6.45) is -0.521. The largest absolute Gasteiger partial charge is 0.452 e. The van der Waals surface area contributed by atoms with Crippen molar-refractivity contribution in [3.63, 3.8) is 0 Å². The third-order valence-electron chi connectivity index (χ3n) is 1.09. The van der Waals surface area contributed by atoms with E-state index in [9.17, 15) is 4.79 Å². The van der Waals surface area contributed by atoms with Gasteiger partial charge in [-0.05, 0) is 20.8 Å². The molecule has 2 N–H and O–H groups in total. The Balaban J connectivity index is 4.08. The first-order chi connectivity index (χ1) is 4.39. The second-order valence-corrected chi connectivity index (χ2v) is 3.01. The summed E-state index contributed by atoms with van der Waals surface area (Å²) in [7, 11) is 1.30. The molecule has 0 rings (SSSR count). The Kier molecular flexibility index (Phi) is 2.65. The van der Waals surface area contributed by atoms with Crippen molar-refractivity contribution in [2.45, 2.75) is 26.3 Å². The van der Waals surface area contributed by atoms with Crippen LogP contribution in [0.15, 0.2) is 0 Å². The fraction of sp³-hybridized carbons (Fsp3) is 0.833. The van der Waals surface area contributed by atoms with Crippen molar-refractivity contribution in [3.8, 4) is 0 Å². The van der Waals surface area contributed by atoms with E-state index < -0.39 is 6.09 Å². The molecule has 0 aliphatic carbocycles. The average Bonchev–Trinajstić information content (AvgIpc) is 1.83. The molecule has 4 heteroatoms. The lowest BCUT2D eigenvalue weighted by molar-refractivity contribution is 0.0839. The van der Waals surface area contributed by atoms with Crippen LogP contribution in [0.4, 0.5) is 4.79 Å². The summed E-state index contributed by atoms with van der Waals surface area (Å²) in [5, 5.41) is 1.05. The molecule has 4 nitrogen and oxygen atoms in total. The van der Waals surface area contributed by atoms with E-state index in [4.69, 9.17) is 5.84 Å². The molecule has 0 aliphatic heterocycles. The van der Waals surface area contributed by atoms with E-state index in [1.165, 1.54) is 7.11 Å². The molecule has 10 heavy (non-hydrogen) atoms. The van der Waals surface area contributed by atoms with Crippen LogP contribution in [0.2, 0.25) is 0 Å². The molecule has 0 radical (unpaired) electrons. The molecule has 0 atom stereocenters. The van der Waals surface area contributed by atoms with Gasteiger partial charge in [-0.3, -0.25) is 0 Å². The van der Waals surface area contributed by atoms with Gasteiger partial charge in [0.1, 0.15) is 0 Å². The first-order valence-corrected chi connectivity index (χ1v) is 3.02. The van der Waals surface area contributed by atoms with Crippen LogP contribution in [0, 0.1) is 0 Å². The van der Waals surface area contributed by atoms with E-state index in [1.54, 1.807) is 0 Å². The molecule has 0 aromatic rings. The lowest BCUT2D eigenvalue weighted by Crippen LogP contribution is -2.50. The van der Waals surface area contributed by atoms with Gasteiger partial charge in [0.15, 0.2) is 0 Å². The minimum atomic E-state index is -0.521. The molecule has 0 aliphatic rings. The Morgan fingerprint density at radius 3 is 2.00 bits per heavy atom. The third-order valence-corrected chi connectivity index (χ3v) is 1.09. The number of hydrogen-bond donors (Lipinski definition) is 1. The van der Waals surface area contributed by atoms with E-state index in [0.717, 1.165) is 5.01 Å². The average molecular weight is 146 g/mol. The van der Waals surface area contributed by atoms with Gasteiger partial charge in [0.25, 0.3) is 0 Å². The molecule has 0 saturated carbocycles. The number of carbonyl (C=O) groups excluding carboxylic acids is 1. The summed E-state index contributed by atoms with van der Waals surface area (Å²) in [4.78, 5) is 10.7. The van der Waals surface area contributed by atoms with Crippen molar-refractivity contribution >= 4 is 6.09 Å². The first kappa shape index (κ1) is 9.23. The summed E-state index contributed by atoms with van der Waals surface area (Å²) < 4.78 is 4.40. The second kappa shape index (κ2) is 2.88. The smallest absolute Gasteiger partial charge is 0.424 e. The highest BCUT2D eigenvalue weighted by Crippen LogP contribution is 2.08. The number of hydrogen-bond acceptors (Lipinski definition) is 3. The lowest BCUT2D eigenvalue weighted by atomic mass is 10.1. The fourth-order valence-electron chi connectivity index (χ4n) is 0.372. The Hall–Kier alpha value is -0.770. The summed E-state index contributed by atoms with van der Waals surface area (Å²) in [5.41, 5.74) is -0.382. The number of amides is 1. The second-order valence-electron chi connectivity index (χ2n) is 3.01. The van der Waals surface area contributed by atoms with Crippen LogP contribution in [-0.2, 0) is 4.74 Å². The fourth-order valence-corrected chi connectivity index (χ4v) is 0.372. The molecule has 0 aromatic carbocycles. The van der Waals surface area contributed by atoms with E-state index >= 15 is 0 Å². The third kappa shape index (κ3) is 2.23. The maximum absolute atomic E-state index is 10.7. The van der Waals surface area contributed by atoms with Gasteiger partial charge in [0.05, 0.1) is 12.6 Å². The molecule has 0 unspecified atom stereocenters. The Bertz CT molecular complexity index is 128. The van der Waals surface area contributed by atoms with Crippen LogP contribution in [0.5, 0.6) is 0 Å². The molecular formula is C6H14N2O2. The van der Waals surface area contributed by atoms with Gasteiger partial charge in [-0.1, -0.05) is 0 Å². The zero-order valence-electron chi connectivity index (χ0n) is 6.84. The summed E-state index contributed by atoms with van der Waals surface area (Å²) in [5.74, 6) is 5.36. The Morgan fingerprint density at radius 2 is 1.90 bits per heavy atom. The maximum atomic E-state index is 10.7. The minimum absolute atomic E-state index is 0.382. The molecule has 0 saturated heterocycles. The molecule has 0 fully saturated rings. The van der Waals surface area contributed by atoms with Crippen molar-refractivity contribution in [2.24, 2.45) is 5.84 Å². The van der Waals surface area contributed by atoms with Crippen molar-refractivity contribution in [1.82, 2.24) is 5.01 Å². The topological polar surface area (TPSA) is 55.6 Å². The number of ether oxygens (including phenoxy) is 1. The number of carbonyl (C=O) groups is 1. The van der Waals surface area contributed by atoms with E-state index in [2.05, 4.69) is 4.74 Å². The van der Waals surface area contributed by atoms with Crippen molar-refractivity contribution in [2.75, 3.05) is 7.11 Å². The quantitative estimate of drug-likeness (QED) is 0.311. The molecule has 1 amide bonds. The van der Waals surface area contributed by atoms with Crippen molar-refractivity contribution < 1.29 is 9.53 Å². The zero-order chi connectivity index (χ0) is 8.36. The van der Waals surface area contributed by atoms with Gasteiger partial charge in [0, 0.05) is 0 Å². The lowest BCUT2D eigenvalue weighted by Gasteiger charge is -2.29.